The molecule has 0 bridgehead atoms. The van der Waals surface area contributed by atoms with Crippen LogP contribution in [-0.2, 0) is 0 Å². The summed E-state index contributed by atoms with van der Waals surface area (Å²) in [5.41, 5.74) is 13.4. The lowest BCUT2D eigenvalue weighted by Crippen LogP contribution is -2.10. The molecule has 0 radical (unpaired) electrons. The predicted molar refractivity (Wildman–Crippen MR) is 289 cm³/mol. The van der Waals surface area contributed by atoms with Gasteiger partial charge in [0.1, 0.15) is 0 Å². The Bertz CT molecular complexity index is 3890. The van der Waals surface area contributed by atoms with Crippen molar-refractivity contribution in [2.24, 2.45) is 0 Å². The maximum atomic E-state index is 2.47. The lowest BCUT2D eigenvalue weighted by atomic mass is 9.80. The van der Waals surface area contributed by atoms with Crippen LogP contribution in [0.15, 0.2) is 249 Å². The first-order chi connectivity index (χ1) is 33.2. The van der Waals surface area contributed by atoms with Crippen molar-refractivity contribution in [2.75, 3.05) is 4.90 Å². The van der Waals surface area contributed by atoms with Crippen LogP contribution >= 0.6 is 0 Å². The van der Waals surface area contributed by atoms with E-state index >= 15 is 0 Å². The summed E-state index contributed by atoms with van der Waals surface area (Å²) in [6.07, 6.45) is 9.21. The van der Waals surface area contributed by atoms with Crippen molar-refractivity contribution in [1.82, 2.24) is 0 Å². The molecule has 0 saturated carbocycles. The number of allylic oxidation sites excluding steroid dienone is 4. The van der Waals surface area contributed by atoms with Gasteiger partial charge >= 0.3 is 0 Å². The second-order valence-electron chi connectivity index (χ2n) is 17.9. The van der Waals surface area contributed by atoms with Gasteiger partial charge in [0, 0.05) is 17.1 Å². The summed E-state index contributed by atoms with van der Waals surface area (Å²) < 4.78 is 0. The van der Waals surface area contributed by atoms with Crippen LogP contribution < -0.4 is 4.90 Å². The van der Waals surface area contributed by atoms with Crippen LogP contribution in [0.1, 0.15) is 18.4 Å². The summed E-state index contributed by atoms with van der Waals surface area (Å²) in [6, 6.07) is 85.4. The summed E-state index contributed by atoms with van der Waals surface area (Å²) in [6.45, 7) is 0. The molecule has 12 aromatic carbocycles. The third-order valence-electron chi connectivity index (χ3n) is 14.0. The van der Waals surface area contributed by atoms with E-state index in [2.05, 4.69) is 254 Å². The molecule has 0 unspecified atom stereocenters. The normalized spacial score (nSPS) is 12.7. The van der Waals surface area contributed by atoms with Gasteiger partial charge in [0.2, 0.25) is 0 Å². The Kier molecular flexibility index (Phi) is 9.39. The highest BCUT2D eigenvalue weighted by Crippen LogP contribution is 2.49. The quantitative estimate of drug-likeness (QED) is 0.144. The molecular weight excluding hydrogens is 807 g/mol. The van der Waals surface area contributed by atoms with E-state index in [0.29, 0.717) is 0 Å². The lowest BCUT2D eigenvalue weighted by Gasteiger charge is -2.26. The number of anilines is 3. The van der Waals surface area contributed by atoms with Gasteiger partial charge in [-0.15, -0.1) is 0 Å². The summed E-state index contributed by atoms with van der Waals surface area (Å²) in [4.78, 5) is 2.39. The van der Waals surface area contributed by atoms with Crippen LogP contribution in [0.25, 0.3) is 104 Å². The minimum absolute atomic E-state index is 1.04. The Morgan fingerprint density at radius 2 is 0.806 bits per heavy atom. The van der Waals surface area contributed by atoms with E-state index in [1.54, 1.807) is 0 Å². The summed E-state index contributed by atoms with van der Waals surface area (Å²) in [5.74, 6) is 0. The zero-order chi connectivity index (χ0) is 44.3. The van der Waals surface area contributed by atoms with Crippen molar-refractivity contribution >= 4 is 87.3 Å². The van der Waals surface area contributed by atoms with Crippen molar-refractivity contribution in [3.8, 4) is 33.4 Å². The van der Waals surface area contributed by atoms with Gasteiger partial charge in [-0.1, -0.05) is 194 Å². The molecule has 0 N–H and O–H groups in total. The fourth-order valence-electron chi connectivity index (χ4n) is 10.8. The van der Waals surface area contributed by atoms with Crippen LogP contribution in [0.3, 0.4) is 0 Å². The fraction of sp³-hybridized carbons (Fsp3) is 0.0303. The summed E-state index contributed by atoms with van der Waals surface area (Å²) in [7, 11) is 0. The van der Waals surface area contributed by atoms with Gasteiger partial charge in [-0.05, 0) is 177 Å². The van der Waals surface area contributed by atoms with Crippen LogP contribution in [0.4, 0.5) is 17.1 Å². The molecule has 0 heterocycles. The van der Waals surface area contributed by atoms with Gasteiger partial charge in [0.05, 0.1) is 0 Å². The number of rotatable bonds is 7. The van der Waals surface area contributed by atoms with Crippen LogP contribution in [0.5, 0.6) is 0 Å². The van der Waals surface area contributed by atoms with E-state index in [1.165, 1.54) is 109 Å². The van der Waals surface area contributed by atoms with Crippen molar-refractivity contribution in [3.05, 3.63) is 254 Å². The standard InChI is InChI=1S/C66H45N/c1-4-18-46(19-5-1)61-43-62(47-20-6-2-7-21-47)65-59-27-15-14-26-58(59)63-42-54(33-37-60(63)66(65)64(61)48-22-8-3-9-23-48)51-28-29-53-41-57(36-32-52(53)38-51)67(55-34-30-44-16-10-12-24-49(44)39-55)56-35-31-45-17-11-13-25-50(45)40-56/h2-4,6-43H,1,5H2. The van der Waals surface area contributed by atoms with Gasteiger partial charge in [-0.3, -0.25) is 0 Å². The largest absolute Gasteiger partial charge is 0.310 e. The van der Waals surface area contributed by atoms with Gasteiger partial charge in [-0.25, -0.2) is 0 Å². The SMILES string of the molecule is C1=CC(c2cc(-c3ccccc3)c3c4ccccc4c4cc(-c5ccc6cc(N(c7ccc8ccccc8c7)c7ccc8ccccc8c7)ccc6c5)ccc4c3c2-c2ccccc2)=CCC1. The van der Waals surface area contributed by atoms with Gasteiger partial charge < -0.3 is 4.90 Å². The zero-order valence-electron chi connectivity index (χ0n) is 37.0. The Hall–Kier alpha value is -8.52. The maximum absolute atomic E-state index is 2.47. The van der Waals surface area contributed by atoms with E-state index in [0.717, 1.165) is 29.9 Å². The van der Waals surface area contributed by atoms with Crippen molar-refractivity contribution < 1.29 is 0 Å². The predicted octanol–water partition coefficient (Wildman–Crippen LogP) is 18.8. The Morgan fingerprint density at radius 3 is 1.46 bits per heavy atom. The first kappa shape index (κ1) is 38.9. The van der Waals surface area contributed by atoms with Crippen molar-refractivity contribution in [3.63, 3.8) is 0 Å². The van der Waals surface area contributed by atoms with Gasteiger partial charge in [-0.2, -0.15) is 0 Å². The number of benzene rings is 12. The topological polar surface area (TPSA) is 3.24 Å². The molecule has 1 heteroatoms. The molecule has 12 aromatic rings. The molecular formula is C66H45N. The zero-order valence-corrected chi connectivity index (χ0v) is 37.0. The second kappa shape index (κ2) is 16.2. The average Bonchev–Trinajstić information content (AvgIpc) is 3.41. The molecule has 0 atom stereocenters. The second-order valence-corrected chi connectivity index (χ2v) is 17.9. The first-order valence-corrected chi connectivity index (χ1v) is 23.5. The molecule has 0 fully saturated rings. The van der Waals surface area contributed by atoms with Crippen molar-refractivity contribution in [2.45, 2.75) is 12.8 Å². The van der Waals surface area contributed by atoms with Crippen LogP contribution in [0.2, 0.25) is 0 Å². The van der Waals surface area contributed by atoms with E-state index < -0.39 is 0 Å². The summed E-state index contributed by atoms with van der Waals surface area (Å²) >= 11 is 0. The minimum Gasteiger partial charge on any atom is -0.310 e. The van der Waals surface area contributed by atoms with Crippen molar-refractivity contribution in [1.29, 1.82) is 0 Å². The van der Waals surface area contributed by atoms with Gasteiger partial charge in [0.15, 0.2) is 0 Å². The molecule has 1 aliphatic carbocycles. The molecule has 0 amide bonds. The highest BCUT2D eigenvalue weighted by molar-refractivity contribution is 6.33. The number of nitrogens with zero attached hydrogens (tertiary/aromatic N) is 1. The van der Waals surface area contributed by atoms with Crippen LogP contribution in [-0.4, -0.2) is 0 Å². The van der Waals surface area contributed by atoms with E-state index in [4.69, 9.17) is 0 Å². The Labute approximate surface area is 390 Å². The van der Waals surface area contributed by atoms with Gasteiger partial charge in [0.25, 0.3) is 0 Å². The molecule has 314 valence electrons. The van der Waals surface area contributed by atoms with E-state index in [-0.39, 0.29) is 0 Å². The monoisotopic (exact) mass is 851 g/mol. The number of fused-ring (bicyclic) bond motifs is 9. The fourth-order valence-corrected chi connectivity index (χ4v) is 10.8. The summed E-state index contributed by atoms with van der Waals surface area (Å²) in [5, 5.41) is 15.0. The molecule has 0 aromatic heterocycles. The highest BCUT2D eigenvalue weighted by Gasteiger charge is 2.23. The number of hydrogen-bond donors (Lipinski definition) is 0. The highest BCUT2D eigenvalue weighted by atomic mass is 15.1. The third kappa shape index (κ3) is 6.79. The molecule has 1 aliphatic rings. The molecule has 13 rings (SSSR count). The third-order valence-corrected chi connectivity index (χ3v) is 14.0. The van der Waals surface area contributed by atoms with E-state index in [9.17, 15) is 0 Å². The number of hydrogen-bond acceptors (Lipinski definition) is 1. The molecule has 1 nitrogen and oxygen atoms in total. The molecule has 0 spiro atoms. The molecule has 0 aliphatic heterocycles. The molecule has 0 saturated heterocycles. The Balaban J connectivity index is 0.992. The first-order valence-electron chi connectivity index (χ1n) is 23.5. The smallest absolute Gasteiger partial charge is 0.0468 e. The Morgan fingerprint density at radius 1 is 0.299 bits per heavy atom. The van der Waals surface area contributed by atoms with E-state index in [1.807, 2.05) is 0 Å². The maximum Gasteiger partial charge on any atom is 0.0468 e. The average molecular weight is 852 g/mol. The van der Waals surface area contributed by atoms with Crippen LogP contribution in [0, 0.1) is 0 Å². The lowest BCUT2D eigenvalue weighted by molar-refractivity contribution is 1.04. The molecule has 67 heavy (non-hydrogen) atoms. The minimum atomic E-state index is 1.04.